The summed E-state index contributed by atoms with van der Waals surface area (Å²) in [6.45, 7) is 4.06. The smallest absolute Gasteiger partial charge is 0.241 e. The first-order chi connectivity index (χ1) is 4.72. The summed E-state index contributed by atoms with van der Waals surface area (Å²) < 4.78 is 0. The van der Waals surface area contributed by atoms with E-state index >= 15 is 0 Å². The van der Waals surface area contributed by atoms with Crippen LogP contribution in [0.3, 0.4) is 0 Å². The molecule has 0 heterocycles. The summed E-state index contributed by atoms with van der Waals surface area (Å²) in [4.78, 5) is 10.5. The van der Waals surface area contributed by atoms with E-state index in [9.17, 15) is 4.79 Å². The van der Waals surface area contributed by atoms with E-state index in [-0.39, 0.29) is 5.92 Å². The van der Waals surface area contributed by atoms with Gasteiger partial charge in [0, 0.05) is 5.92 Å². The lowest BCUT2D eigenvalue weighted by Gasteiger charge is -2.07. The molecule has 0 rings (SSSR count). The average molecular weight is 142 g/mol. The minimum Gasteiger partial charge on any atom is -0.273 e. The Balaban J connectivity index is 3.50. The van der Waals surface area contributed by atoms with Crippen molar-refractivity contribution in [3.63, 3.8) is 0 Å². The van der Waals surface area contributed by atoms with Crippen molar-refractivity contribution >= 4 is 5.91 Å². The fourth-order valence-corrected chi connectivity index (χ4v) is 0.971. The molecule has 2 heteroatoms. The molecule has 1 radical (unpaired) electrons. The van der Waals surface area contributed by atoms with Gasteiger partial charge in [0.2, 0.25) is 5.91 Å². The monoisotopic (exact) mass is 142 g/mol. The third kappa shape index (κ3) is 3.49. The van der Waals surface area contributed by atoms with Crippen molar-refractivity contribution < 1.29 is 4.79 Å². The van der Waals surface area contributed by atoms with Crippen LogP contribution in [0, 0.1) is 5.92 Å². The van der Waals surface area contributed by atoms with Crippen molar-refractivity contribution in [1.29, 1.82) is 0 Å². The van der Waals surface area contributed by atoms with Crippen molar-refractivity contribution in [2.24, 2.45) is 5.92 Å². The van der Waals surface area contributed by atoms with Gasteiger partial charge in [-0.3, -0.25) is 10.5 Å². The van der Waals surface area contributed by atoms with Gasteiger partial charge in [0.15, 0.2) is 0 Å². The summed E-state index contributed by atoms with van der Waals surface area (Å²) in [7, 11) is 0. The number of hydrogen-bond acceptors (Lipinski definition) is 1. The second-order valence-electron chi connectivity index (χ2n) is 2.61. The van der Waals surface area contributed by atoms with Gasteiger partial charge in [-0.15, -0.1) is 0 Å². The zero-order valence-electron chi connectivity index (χ0n) is 6.81. The molecule has 0 spiro atoms. The lowest BCUT2D eigenvalue weighted by Crippen LogP contribution is -2.13. The number of hydrogen-bond donors (Lipinski definition) is 0. The van der Waals surface area contributed by atoms with Crippen molar-refractivity contribution in [3.05, 3.63) is 0 Å². The van der Waals surface area contributed by atoms with Gasteiger partial charge in [-0.2, -0.15) is 0 Å². The van der Waals surface area contributed by atoms with E-state index in [0.29, 0.717) is 0 Å². The molecule has 0 aliphatic heterocycles. The van der Waals surface area contributed by atoms with Crippen molar-refractivity contribution in [1.82, 2.24) is 5.73 Å². The summed E-state index contributed by atoms with van der Waals surface area (Å²) in [6.07, 6.45) is 3.91. The highest BCUT2D eigenvalue weighted by molar-refractivity contribution is 5.75. The number of nitrogens with one attached hydrogen (secondary N) is 1. The van der Waals surface area contributed by atoms with E-state index in [2.05, 4.69) is 6.92 Å². The van der Waals surface area contributed by atoms with Gasteiger partial charge in [0.05, 0.1) is 0 Å². The Bertz CT molecular complexity index is 101. The highest BCUT2D eigenvalue weighted by Gasteiger charge is 2.11. The van der Waals surface area contributed by atoms with Crippen LogP contribution in [0.4, 0.5) is 0 Å². The summed E-state index contributed by atoms with van der Waals surface area (Å²) in [5.41, 5.74) is 6.87. The van der Waals surface area contributed by atoms with E-state index in [0.717, 1.165) is 25.7 Å². The quantitative estimate of drug-likeness (QED) is 0.579. The molecular formula is C8H16NO. The molecular weight excluding hydrogens is 126 g/mol. The number of carbonyl (C=O) groups excluding carboxylic acids is 1. The minimum absolute atomic E-state index is 0.0000463. The molecule has 1 atom stereocenters. The fourth-order valence-electron chi connectivity index (χ4n) is 0.971. The molecule has 10 heavy (non-hydrogen) atoms. The van der Waals surface area contributed by atoms with Crippen LogP contribution in [0.15, 0.2) is 0 Å². The highest BCUT2D eigenvalue weighted by Crippen LogP contribution is 2.11. The number of carbonyl (C=O) groups is 1. The summed E-state index contributed by atoms with van der Waals surface area (Å²) in [5, 5.41) is 0. The van der Waals surface area contributed by atoms with Crippen LogP contribution in [0.2, 0.25) is 0 Å². The van der Waals surface area contributed by atoms with Crippen LogP contribution in [0.25, 0.3) is 0 Å². The first-order valence-electron chi connectivity index (χ1n) is 3.97. The second kappa shape index (κ2) is 5.27. The van der Waals surface area contributed by atoms with E-state index in [1.807, 2.05) is 6.92 Å². The number of amides is 1. The molecule has 0 aromatic rings. The van der Waals surface area contributed by atoms with Gasteiger partial charge in [-0.1, -0.05) is 26.7 Å². The van der Waals surface area contributed by atoms with Gasteiger partial charge >= 0.3 is 0 Å². The Morgan fingerprint density at radius 1 is 1.50 bits per heavy atom. The first-order valence-corrected chi connectivity index (χ1v) is 3.97. The standard InChI is InChI=1S/C8H16NO/c1-3-5-6-7(4-2)8(9)10/h7,9H,3-6H2,1-2H3. The van der Waals surface area contributed by atoms with Crippen LogP contribution >= 0.6 is 0 Å². The van der Waals surface area contributed by atoms with Crippen LogP contribution in [-0.4, -0.2) is 5.91 Å². The zero-order valence-corrected chi connectivity index (χ0v) is 6.81. The van der Waals surface area contributed by atoms with E-state index in [4.69, 9.17) is 5.73 Å². The second-order valence-corrected chi connectivity index (χ2v) is 2.61. The predicted molar refractivity (Wildman–Crippen MR) is 41.4 cm³/mol. The zero-order chi connectivity index (χ0) is 7.98. The third-order valence-electron chi connectivity index (χ3n) is 1.77. The van der Waals surface area contributed by atoms with Crippen molar-refractivity contribution in [3.8, 4) is 0 Å². The lowest BCUT2D eigenvalue weighted by atomic mass is 9.99. The molecule has 1 amide bonds. The predicted octanol–water partition coefficient (Wildman–Crippen LogP) is 2.01. The van der Waals surface area contributed by atoms with Crippen LogP contribution < -0.4 is 5.73 Å². The van der Waals surface area contributed by atoms with E-state index in [1.54, 1.807) is 0 Å². The minimum atomic E-state index is -0.393. The van der Waals surface area contributed by atoms with Crippen LogP contribution in [0.5, 0.6) is 0 Å². The number of unbranched alkanes of at least 4 members (excludes halogenated alkanes) is 1. The van der Waals surface area contributed by atoms with Crippen LogP contribution in [-0.2, 0) is 4.79 Å². The van der Waals surface area contributed by atoms with Crippen molar-refractivity contribution in [2.45, 2.75) is 39.5 Å². The van der Waals surface area contributed by atoms with Gasteiger partial charge in [0.1, 0.15) is 0 Å². The van der Waals surface area contributed by atoms with Gasteiger partial charge in [-0.05, 0) is 12.8 Å². The summed E-state index contributed by atoms with van der Waals surface area (Å²) >= 11 is 0. The molecule has 0 saturated heterocycles. The molecule has 0 aliphatic carbocycles. The molecule has 0 saturated carbocycles. The Morgan fingerprint density at radius 3 is 2.40 bits per heavy atom. The Morgan fingerprint density at radius 2 is 2.10 bits per heavy atom. The van der Waals surface area contributed by atoms with Gasteiger partial charge in [0.25, 0.3) is 0 Å². The fraction of sp³-hybridized carbons (Fsp3) is 0.875. The molecule has 0 aromatic heterocycles. The average Bonchev–Trinajstić information content (AvgIpc) is 1.89. The summed E-state index contributed by atoms with van der Waals surface area (Å²) in [6, 6.07) is 0. The molecule has 0 aliphatic rings. The third-order valence-corrected chi connectivity index (χ3v) is 1.77. The SMILES string of the molecule is CCCCC(CC)C([NH])=O. The van der Waals surface area contributed by atoms with E-state index in [1.165, 1.54) is 0 Å². The molecule has 1 N–H and O–H groups in total. The maximum Gasteiger partial charge on any atom is 0.241 e. The van der Waals surface area contributed by atoms with Crippen LogP contribution in [0.1, 0.15) is 39.5 Å². The largest absolute Gasteiger partial charge is 0.273 e. The normalized spacial score (nSPS) is 13.0. The topological polar surface area (TPSA) is 40.9 Å². The maximum atomic E-state index is 10.5. The molecule has 2 nitrogen and oxygen atoms in total. The molecule has 1 unspecified atom stereocenters. The first kappa shape index (κ1) is 9.47. The number of rotatable bonds is 5. The summed E-state index contributed by atoms with van der Waals surface area (Å²) in [5.74, 6) is -0.393. The molecule has 0 bridgehead atoms. The van der Waals surface area contributed by atoms with Gasteiger partial charge < -0.3 is 0 Å². The van der Waals surface area contributed by atoms with E-state index < -0.39 is 5.91 Å². The molecule has 0 aromatic carbocycles. The maximum absolute atomic E-state index is 10.5. The lowest BCUT2D eigenvalue weighted by molar-refractivity contribution is -0.122. The Hall–Kier alpha value is -0.530. The Labute approximate surface area is 62.8 Å². The highest BCUT2D eigenvalue weighted by atomic mass is 16.1. The van der Waals surface area contributed by atoms with Gasteiger partial charge in [-0.25, -0.2) is 0 Å². The molecule has 0 fully saturated rings. The van der Waals surface area contributed by atoms with Crippen molar-refractivity contribution in [2.75, 3.05) is 0 Å². The molecule has 59 valence electrons. The Kier molecular flexibility index (Phi) is 4.99.